The lowest BCUT2D eigenvalue weighted by Gasteiger charge is -2.22. The average Bonchev–Trinajstić information content (AvgIpc) is 2.75. The number of benzene rings is 1. The van der Waals surface area contributed by atoms with Gasteiger partial charge in [-0.1, -0.05) is 70.0 Å². The van der Waals surface area contributed by atoms with E-state index in [0.717, 1.165) is 5.56 Å². The van der Waals surface area contributed by atoms with Gasteiger partial charge in [-0.2, -0.15) is 0 Å². The molecule has 178 valence electrons. The Hall–Kier alpha value is -2.64. The lowest BCUT2D eigenvalue weighted by atomic mass is 9.86. The first-order valence-corrected chi connectivity index (χ1v) is 11.2. The van der Waals surface area contributed by atoms with E-state index in [1.54, 1.807) is 32.9 Å². The van der Waals surface area contributed by atoms with Crippen molar-refractivity contribution in [2.24, 2.45) is 5.92 Å². The van der Waals surface area contributed by atoms with Gasteiger partial charge in [0.05, 0.1) is 10.0 Å². The van der Waals surface area contributed by atoms with E-state index in [2.05, 4.69) is 36.4 Å². The fourth-order valence-electron chi connectivity index (χ4n) is 2.88. The SMILES string of the molecule is Cc1c(Cl)cnc(NC(=O)COC(=O)C(NC(=O)c2ccc(C(C)(C)C)cc2)C(C)C)c1Cl. The number of halogens is 2. The Kier molecular flexibility index (Phi) is 8.86. The van der Waals surface area contributed by atoms with Gasteiger partial charge in [-0.05, 0) is 41.5 Å². The number of hydrogen-bond acceptors (Lipinski definition) is 5. The number of ether oxygens (including phenoxy) is 1. The van der Waals surface area contributed by atoms with Gasteiger partial charge >= 0.3 is 5.97 Å². The number of esters is 1. The topological polar surface area (TPSA) is 97.4 Å². The highest BCUT2D eigenvalue weighted by Gasteiger charge is 2.27. The van der Waals surface area contributed by atoms with Gasteiger partial charge in [-0.25, -0.2) is 9.78 Å². The van der Waals surface area contributed by atoms with Crippen LogP contribution in [0.2, 0.25) is 10.0 Å². The summed E-state index contributed by atoms with van der Waals surface area (Å²) < 4.78 is 5.13. The van der Waals surface area contributed by atoms with Crippen LogP contribution < -0.4 is 10.6 Å². The molecule has 2 rings (SSSR count). The molecule has 9 heteroatoms. The largest absolute Gasteiger partial charge is 0.454 e. The van der Waals surface area contributed by atoms with Crippen LogP contribution in [0, 0.1) is 12.8 Å². The lowest BCUT2D eigenvalue weighted by Crippen LogP contribution is -2.46. The number of pyridine rings is 1. The second-order valence-electron chi connectivity index (χ2n) is 9.07. The molecule has 0 aliphatic carbocycles. The molecular formula is C24H29Cl2N3O4. The van der Waals surface area contributed by atoms with E-state index in [1.165, 1.54) is 6.20 Å². The van der Waals surface area contributed by atoms with E-state index < -0.39 is 30.4 Å². The summed E-state index contributed by atoms with van der Waals surface area (Å²) >= 11 is 12.1. The monoisotopic (exact) mass is 493 g/mol. The molecule has 7 nitrogen and oxygen atoms in total. The summed E-state index contributed by atoms with van der Waals surface area (Å²) in [7, 11) is 0. The molecule has 0 fully saturated rings. The molecule has 1 aromatic heterocycles. The van der Waals surface area contributed by atoms with Crippen LogP contribution >= 0.6 is 23.2 Å². The number of rotatable bonds is 7. The number of amides is 2. The summed E-state index contributed by atoms with van der Waals surface area (Å²) in [6, 6.07) is 6.29. The van der Waals surface area contributed by atoms with Crippen LogP contribution in [-0.4, -0.2) is 35.4 Å². The first-order valence-electron chi connectivity index (χ1n) is 10.5. The lowest BCUT2D eigenvalue weighted by molar-refractivity contribution is -0.150. The number of hydrogen-bond donors (Lipinski definition) is 2. The summed E-state index contributed by atoms with van der Waals surface area (Å²) in [6.07, 6.45) is 1.36. The zero-order valence-corrected chi connectivity index (χ0v) is 21.1. The summed E-state index contributed by atoms with van der Waals surface area (Å²) in [5.41, 5.74) is 2.05. The van der Waals surface area contributed by atoms with Gasteiger partial charge in [0.1, 0.15) is 6.04 Å². The quantitative estimate of drug-likeness (QED) is 0.532. The van der Waals surface area contributed by atoms with Crippen LogP contribution in [-0.2, 0) is 19.7 Å². The third-order valence-corrected chi connectivity index (χ3v) is 5.87. The summed E-state index contributed by atoms with van der Waals surface area (Å²) in [4.78, 5) is 41.4. The third kappa shape index (κ3) is 7.17. The summed E-state index contributed by atoms with van der Waals surface area (Å²) in [5, 5.41) is 5.74. The Morgan fingerprint density at radius 2 is 1.70 bits per heavy atom. The van der Waals surface area contributed by atoms with Crippen molar-refractivity contribution in [2.45, 2.75) is 53.0 Å². The Morgan fingerprint density at radius 3 is 2.24 bits per heavy atom. The minimum atomic E-state index is -0.924. The first kappa shape index (κ1) is 26.6. The standard InChI is InChI=1S/C24H29Cl2N3O4/c1-13(2)20(29-22(31)15-7-9-16(10-8-15)24(4,5)6)23(32)33-12-18(30)28-21-19(26)14(3)17(25)11-27-21/h7-11,13,20H,12H2,1-6H3,(H,29,31)(H,27,28,30). The summed E-state index contributed by atoms with van der Waals surface area (Å²) in [6.45, 7) is 10.9. The molecule has 33 heavy (non-hydrogen) atoms. The van der Waals surface area contributed by atoms with Gasteiger partial charge in [0.2, 0.25) is 0 Å². The Bertz CT molecular complexity index is 1030. The van der Waals surface area contributed by atoms with Crippen LogP contribution in [0.4, 0.5) is 5.82 Å². The van der Waals surface area contributed by atoms with E-state index in [-0.39, 0.29) is 22.2 Å². The Labute approximate surface area is 204 Å². The molecule has 0 saturated heterocycles. The molecule has 0 aliphatic rings. The highest BCUT2D eigenvalue weighted by atomic mass is 35.5. The molecular weight excluding hydrogens is 465 g/mol. The normalized spacial score (nSPS) is 12.3. The molecule has 1 aromatic carbocycles. The van der Waals surface area contributed by atoms with Crippen molar-refractivity contribution in [1.82, 2.24) is 10.3 Å². The maximum atomic E-state index is 12.7. The molecule has 2 amide bonds. The number of aromatic nitrogens is 1. The fraction of sp³-hybridized carbons (Fsp3) is 0.417. The molecule has 0 spiro atoms. The minimum absolute atomic E-state index is 0.0374. The second kappa shape index (κ2) is 11.0. The fourth-order valence-corrected chi connectivity index (χ4v) is 3.27. The maximum Gasteiger partial charge on any atom is 0.329 e. The van der Waals surface area contributed by atoms with Gasteiger partial charge in [-0.15, -0.1) is 0 Å². The maximum absolute atomic E-state index is 12.7. The van der Waals surface area contributed by atoms with E-state index in [0.29, 0.717) is 16.1 Å². The molecule has 1 heterocycles. The van der Waals surface area contributed by atoms with Crippen LogP contribution in [0.1, 0.15) is 56.1 Å². The molecule has 2 N–H and O–H groups in total. The number of nitrogens with one attached hydrogen (secondary N) is 2. The zero-order valence-electron chi connectivity index (χ0n) is 19.6. The van der Waals surface area contributed by atoms with Crippen molar-refractivity contribution in [2.75, 3.05) is 11.9 Å². The highest BCUT2D eigenvalue weighted by molar-refractivity contribution is 6.37. The van der Waals surface area contributed by atoms with E-state index in [9.17, 15) is 14.4 Å². The molecule has 1 unspecified atom stereocenters. The van der Waals surface area contributed by atoms with Crippen molar-refractivity contribution in [3.05, 3.63) is 57.2 Å². The van der Waals surface area contributed by atoms with Crippen LogP contribution in [0.5, 0.6) is 0 Å². The average molecular weight is 494 g/mol. The summed E-state index contributed by atoms with van der Waals surface area (Å²) in [5.74, 6) is -1.87. The van der Waals surface area contributed by atoms with Gasteiger partial charge < -0.3 is 15.4 Å². The van der Waals surface area contributed by atoms with Crippen LogP contribution in [0.3, 0.4) is 0 Å². The van der Waals surface area contributed by atoms with Crippen LogP contribution in [0.15, 0.2) is 30.5 Å². The molecule has 0 radical (unpaired) electrons. The molecule has 1 atom stereocenters. The van der Waals surface area contributed by atoms with Crippen molar-refractivity contribution in [3.63, 3.8) is 0 Å². The van der Waals surface area contributed by atoms with Gasteiger partial charge in [0, 0.05) is 11.8 Å². The van der Waals surface area contributed by atoms with Crippen molar-refractivity contribution in [1.29, 1.82) is 0 Å². The number of carbonyl (C=O) groups is 3. The third-order valence-electron chi connectivity index (χ3n) is 5.03. The number of carbonyl (C=O) groups excluding carboxylic acids is 3. The Morgan fingerprint density at radius 1 is 1.09 bits per heavy atom. The van der Waals surface area contributed by atoms with Gasteiger partial charge in [0.15, 0.2) is 12.4 Å². The zero-order chi connectivity index (χ0) is 24.9. The first-order chi connectivity index (χ1) is 15.3. The predicted molar refractivity (Wildman–Crippen MR) is 130 cm³/mol. The molecule has 0 bridgehead atoms. The molecule has 0 aliphatic heterocycles. The van der Waals surface area contributed by atoms with Gasteiger partial charge in [-0.3, -0.25) is 9.59 Å². The predicted octanol–water partition coefficient (Wildman–Crippen LogP) is 4.93. The van der Waals surface area contributed by atoms with Gasteiger partial charge in [0.25, 0.3) is 11.8 Å². The second-order valence-corrected chi connectivity index (χ2v) is 9.86. The minimum Gasteiger partial charge on any atom is -0.454 e. The highest BCUT2D eigenvalue weighted by Crippen LogP contribution is 2.28. The van der Waals surface area contributed by atoms with E-state index >= 15 is 0 Å². The smallest absolute Gasteiger partial charge is 0.329 e. The van der Waals surface area contributed by atoms with Crippen molar-refractivity contribution < 1.29 is 19.1 Å². The van der Waals surface area contributed by atoms with E-state index in [4.69, 9.17) is 27.9 Å². The van der Waals surface area contributed by atoms with Crippen LogP contribution in [0.25, 0.3) is 0 Å². The molecule has 2 aromatic rings. The number of anilines is 1. The van der Waals surface area contributed by atoms with E-state index in [1.807, 2.05) is 12.1 Å². The Balaban J connectivity index is 1.98. The van der Waals surface area contributed by atoms with Crippen molar-refractivity contribution in [3.8, 4) is 0 Å². The number of nitrogens with zero attached hydrogens (tertiary/aromatic N) is 1. The van der Waals surface area contributed by atoms with Crippen molar-refractivity contribution >= 4 is 46.8 Å². The molecule has 0 saturated carbocycles.